The van der Waals surface area contributed by atoms with Gasteiger partial charge in [-0.3, -0.25) is 10.1 Å². The smallest absolute Gasteiger partial charge is 0.327 e. The lowest BCUT2D eigenvalue weighted by Gasteiger charge is -2.35. The summed E-state index contributed by atoms with van der Waals surface area (Å²) in [6.45, 7) is 2.49. The predicted octanol–water partition coefficient (Wildman–Crippen LogP) is 2.85. The van der Waals surface area contributed by atoms with Gasteiger partial charge in [0.15, 0.2) is 0 Å². The first kappa shape index (κ1) is 13.7. The third-order valence-corrected chi connectivity index (χ3v) is 3.07. The standard InChI is InChI=1S/C12H14F2N2O3/c1-2-19-9-5-8(6-9)15-11-4-7(13)3-10(14)12(11)16(17)18/h3-4,8-9,15H,2,5-6H2,1H3. The van der Waals surface area contributed by atoms with E-state index in [0.717, 1.165) is 6.07 Å². The number of halogens is 2. The van der Waals surface area contributed by atoms with Crippen molar-refractivity contribution in [3.63, 3.8) is 0 Å². The monoisotopic (exact) mass is 272 g/mol. The summed E-state index contributed by atoms with van der Waals surface area (Å²) in [5.74, 6) is -2.01. The minimum absolute atomic E-state index is 0.0588. The van der Waals surface area contributed by atoms with Gasteiger partial charge in [0, 0.05) is 24.8 Å². The van der Waals surface area contributed by atoms with Crippen LogP contribution in [0, 0.1) is 21.7 Å². The molecule has 104 valence electrons. The van der Waals surface area contributed by atoms with Gasteiger partial charge in [-0.05, 0) is 19.8 Å². The predicted molar refractivity (Wildman–Crippen MR) is 65.1 cm³/mol. The Bertz CT molecular complexity index is 490. The fourth-order valence-corrected chi connectivity index (χ4v) is 2.14. The second-order valence-corrected chi connectivity index (χ2v) is 4.43. The van der Waals surface area contributed by atoms with E-state index in [1.54, 1.807) is 0 Å². The molecule has 1 aliphatic rings. The van der Waals surface area contributed by atoms with Crippen LogP contribution < -0.4 is 5.32 Å². The zero-order chi connectivity index (χ0) is 14.0. The number of nitro groups is 1. The molecule has 1 fully saturated rings. The largest absolute Gasteiger partial charge is 0.378 e. The molecule has 7 heteroatoms. The van der Waals surface area contributed by atoms with Crippen molar-refractivity contribution >= 4 is 11.4 Å². The summed E-state index contributed by atoms with van der Waals surface area (Å²) in [5, 5.41) is 13.6. The second kappa shape index (κ2) is 5.48. The Hall–Kier alpha value is -1.76. The zero-order valence-corrected chi connectivity index (χ0v) is 10.4. The molecule has 0 aromatic heterocycles. The van der Waals surface area contributed by atoms with E-state index in [2.05, 4.69) is 5.32 Å². The molecule has 0 amide bonds. The Balaban J connectivity index is 2.10. The number of hydrogen-bond acceptors (Lipinski definition) is 4. The Kier molecular flexibility index (Phi) is 3.94. The molecule has 0 bridgehead atoms. The van der Waals surface area contributed by atoms with Gasteiger partial charge in [0.1, 0.15) is 11.5 Å². The second-order valence-electron chi connectivity index (χ2n) is 4.43. The van der Waals surface area contributed by atoms with Gasteiger partial charge in [0.2, 0.25) is 5.82 Å². The number of hydrogen-bond donors (Lipinski definition) is 1. The minimum atomic E-state index is -1.17. The molecule has 0 aliphatic heterocycles. The van der Waals surface area contributed by atoms with Crippen LogP contribution in [-0.2, 0) is 4.74 Å². The van der Waals surface area contributed by atoms with Gasteiger partial charge in [-0.1, -0.05) is 0 Å². The van der Waals surface area contributed by atoms with Crippen LogP contribution in [0.5, 0.6) is 0 Å². The summed E-state index contributed by atoms with van der Waals surface area (Å²) in [5.41, 5.74) is -0.844. The van der Waals surface area contributed by atoms with Gasteiger partial charge in [-0.2, -0.15) is 4.39 Å². The van der Waals surface area contributed by atoms with Crippen LogP contribution in [0.2, 0.25) is 0 Å². The van der Waals surface area contributed by atoms with Crippen LogP contribution in [-0.4, -0.2) is 23.7 Å². The quantitative estimate of drug-likeness (QED) is 0.661. The molecule has 0 heterocycles. The number of nitro benzene ring substituents is 1. The maximum absolute atomic E-state index is 13.4. The highest BCUT2D eigenvalue weighted by Crippen LogP contribution is 2.33. The van der Waals surface area contributed by atoms with E-state index >= 15 is 0 Å². The van der Waals surface area contributed by atoms with Crippen LogP contribution in [0.1, 0.15) is 19.8 Å². The lowest BCUT2D eigenvalue weighted by Crippen LogP contribution is -2.41. The number of nitrogens with zero attached hydrogens (tertiary/aromatic N) is 1. The number of rotatable bonds is 5. The molecule has 0 atom stereocenters. The van der Waals surface area contributed by atoms with Crippen molar-refractivity contribution < 1.29 is 18.4 Å². The highest BCUT2D eigenvalue weighted by atomic mass is 19.1. The van der Waals surface area contributed by atoms with E-state index in [4.69, 9.17) is 4.74 Å². The zero-order valence-electron chi connectivity index (χ0n) is 10.4. The van der Waals surface area contributed by atoms with E-state index in [-0.39, 0.29) is 17.8 Å². The van der Waals surface area contributed by atoms with Crippen molar-refractivity contribution in [2.75, 3.05) is 11.9 Å². The summed E-state index contributed by atoms with van der Waals surface area (Å²) in [7, 11) is 0. The molecule has 0 radical (unpaired) electrons. The van der Waals surface area contributed by atoms with E-state index in [0.29, 0.717) is 25.5 Å². The van der Waals surface area contributed by atoms with Crippen molar-refractivity contribution in [3.05, 3.63) is 33.9 Å². The lowest BCUT2D eigenvalue weighted by molar-refractivity contribution is -0.386. The van der Waals surface area contributed by atoms with Crippen molar-refractivity contribution in [1.82, 2.24) is 0 Å². The highest BCUT2D eigenvalue weighted by Gasteiger charge is 2.32. The number of nitrogens with one attached hydrogen (secondary N) is 1. The van der Waals surface area contributed by atoms with Crippen LogP contribution in [0.4, 0.5) is 20.2 Å². The molecular formula is C12H14F2N2O3. The number of benzene rings is 1. The van der Waals surface area contributed by atoms with Crippen molar-refractivity contribution in [2.24, 2.45) is 0 Å². The fraction of sp³-hybridized carbons (Fsp3) is 0.500. The Morgan fingerprint density at radius 2 is 2.16 bits per heavy atom. The molecule has 0 saturated heterocycles. The SMILES string of the molecule is CCOC1CC(Nc2cc(F)cc(F)c2[N+](=O)[O-])C1. The van der Waals surface area contributed by atoms with Gasteiger partial charge >= 0.3 is 5.69 Å². The molecule has 1 N–H and O–H groups in total. The average Bonchev–Trinajstić information content (AvgIpc) is 2.24. The minimum Gasteiger partial charge on any atom is -0.378 e. The molecule has 1 aromatic rings. The van der Waals surface area contributed by atoms with Crippen LogP contribution >= 0.6 is 0 Å². The average molecular weight is 272 g/mol. The fourth-order valence-electron chi connectivity index (χ4n) is 2.14. The van der Waals surface area contributed by atoms with E-state index in [1.807, 2.05) is 6.92 Å². The van der Waals surface area contributed by atoms with Crippen molar-refractivity contribution in [3.8, 4) is 0 Å². The Morgan fingerprint density at radius 3 is 2.74 bits per heavy atom. The summed E-state index contributed by atoms with van der Waals surface area (Å²) in [6.07, 6.45) is 1.45. The van der Waals surface area contributed by atoms with Crippen molar-refractivity contribution in [2.45, 2.75) is 31.9 Å². The summed E-state index contributed by atoms with van der Waals surface area (Å²) >= 11 is 0. The van der Waals surface area contributed by atoms with Gasteiger partial charge < -0.3 is 10.1 Å². The highest BCUT2D eigenvalue weighted by molar-refractivity contribution is 5.63. The maximum Gasteiger partial charge on any atom is 0.327 e. The molecule has 1 saturated carbocycles. The van der Waals surface area contributed by atoms with E-state index in [9.17, 15) is 18.9 Å². The van der Waals surface area contributed by atoms with Gasteiger partial charge in [-0.25, -0.2) is 4.39 Å². The summed E-state index contributed by atoms with van der Waals surface area (Å²) < 4.78 is 31.8. The third kappa shape index (κ3) is 2.98. The molecular weight excluding hydrogens is 258 g/mol. The molecule has 5 nitrogen and oxygen atoms in total. The molecule has 0 unspecified atom stereocenters. The summed E-state index contributed by atoms with van der Waals surface area (Å²) in [4.78, 5) is 9.94. The molecule has 0 spiro atoms. The summed E-state index contributed by atoms with van der Waals surface area (Å²) in [6, 6.07) is 1.39. The van der Waals surface area contributed by atoms with Gasteiger partial charge in [-0.15, -0.1) is 0 Å². The first-order valence-electron chi connectivity index (χ1n) is 6.02. The van der Waals surface area contributed by atoms with Crippen LogP contribution in [0.3, 0.4) is 0 Å². The normalized spacial score (nSPS) is 21.8. The van der Waals surface area contributed by atoms with E-state index < -0.39 is 22.2 Å². The van der Waals surface area contributed by atoms with E-state index in [1.165, 1.54) is 0 Å². The Morgan fingerprint density at radius 1 is 1.47 bits per heavy atom. The number of anilines is 1. The maximum atomic E-state index is 13.4. The molecule has 1 aromatic carbocycles. The molecule has 1 aliphatic carbocycles. The lowest BCUT2D eigenvalue weighted by atomic mass is 9.89. The third-order valence-electron chi connectivity index (χ3n) is 3.07. The van der Waals surface area contributed by atoms with Gasteiger partial charge in [0.25, 0.3) is 0 Å². The van der Waals surface area contributed by atoms with Crippen LogP contribution in [0.15, 0.2) is 12.1 Å². The van der Waals surface area contributed by atoms with Crippen molar-refractivity contribution in [1.29, 1.82) is 0 Å². The van der Waals surface area contributed by atoms with Crippen LogP contribution in [0.25, 0.3) is 0 Å². The van der Waals surface area contributed by atoms with Gasteiger partial charge in [0.05, 0.1) is 11.0 Å². The topological polar surface area (TPSA) is 64.4 Å². The Labute approximate surface area is 108 Å². The first-order valence-corrected chi connectivity index (χ1v) is 6.02. The first-order chi connectivity index (χ1) is 9.01. The molecule has 19 heavy (non-hydrogen) atoms. The number of ether oxygens (including phenoxy) is 1. The molecule has 2 rings (SSSR count).